The Hall–Kier alpha value is -2.68. The molecule has 3 aromatic rings. The maximum atomic E-state index is 13.9. The Kier molecular flexibility index (Phi) is 6.60. The van der Waals surface area contributed by atoms with Gasteiger partial charge in [-0.15, -0.1) is 0 Å². The van der Waals surface area contributed by atoms with E-state index in [1.165, 1.54) is 42.5 Å². The minimum absolute atomic E-state index is 0.0582. The zero-order valence-electron chi connectivity index (χ0n) is 15.2. The van der Waals surface area contributed by atoms with E-state index in [1.54, 1.807) is 6.07 Å². The topological polar surface area (TPSA) is 66.5 Å². The number of hydrogen-bond donors (Lipinski definition) is 1. The molecule has 0 aliphatic rings. The van der Waals surface area contributed by atoms with Crippen LogP contribution in [0.25, 0.3) is 0 Å². The van der Waals surface area contributed by atoms with Gasteiger partial charge in [-0.3, -0.25) is 9.10 Å². The Morgan fingerprint density at radius 1 is 0.900 bits per heavy atom. The fraction of sp³-hybridized carbons (Fsp3) is 0.0500. The van der Waals surface area contributed by atoms with Gasteiger partial charge in [0.05, 0.1) is 20.6 Å². The van der Waals surface area contributed by atoms with E-state index in [1.807, 2.05) is 0 Å². The van der Waals surface area contributed by atoms with Crippen LogP contribution in [-0.4, -0.2) is 20.9 Å². The van der Waals surface area contributed by atoms with Gasteiger partial charge in [-0.25, -0.2) is 17.2 Å². The van der Waals surface area contributed by atoms with Gasteiger partial charge in [-0.2, -0.15) is 0 Å². The number of para-hydroxylation sites is 1. The largest absolute Gasteiger partial charge is 0.320 e. The summed E-state index contributed by atoms with van der Waals surface area (Å²) in [5, 5.41) is 2.04. The van der Waals surface area contributed by atoms with E-state index in [0.717, 1.165) is 22.5 Å². The summed E-state index contributed by atoms with van der Waals surface area (Å²) in [6.07, 6.45) is 0. The Balaban J connectivity index is 2.02. The van der Waals surface area contributed by atoms with Crippen LogP contribution in [0.15, 0.2) is 71.6 Å². The van der Waals surface area contributed by atoms with Gasteiger partial charge in [-0.1, -0.05) is 53.5 Å². The molecule has 1 amide bonds. The van der Waals surface area contributed by atoms with E-state index in [2.05, 4.69) is 5.32 Å². The highest BCUT2D eigenvalue weighted by molar-refractivity contribution is 7.92. The molecule has 0 heterocycles. The van der Waals surface area contributed by atoms with E-state index in [4.69, 9.17) is 23.2 Å². The van der Waals surface area contributed by atoms with Crippen molar-refractivity contribution < 1.29 is 22.0 Å². The second-order valence-electron chi connectivity index (χ2n) is 6.04. The van der Waals surface area contributed by atoms with Gasteiger partial charge >= 0.3 is 0 Å². The molecule has 1 N–H and O–H groups in total. The lowest BCUT2D eigenvalue weighted by Gasteiger charge is -2.25. The average molecular weight is 471 g/mol. The smallest absolute Gasteiger partial charge is 0.264 e. The number of sulfonamides is 1. The van der Waals surface area contributed by atoms with E-state index in [0.29, 0.717) is 0 Å². The van der Waals surface area contributed by atoms with E-state index in [-0.39, 0.29) is 20.6 Å². The average Bonchev–Trinajstić information content (AvgIpc) is 2.72. The molecule has 0 saturated heterocycles. The van der Waals surface area contributed by atoms with Gasteiger partial charge in [0.2, 0.25) is 5.91 Å². The number of carbonyl (C=O) groups excluding carboxylic acids is 1. The molecule has 0 spiro atoms. The predicted octanol–water partition coefficient (Wildman–Crippen LogP) is 5.11. The molecule has 0 aromatic heterocycles. The highest BCUT2D eigenvalue weighted by Gasteiger charge is 2.29. The molecule has 0 aliphatic carbocycles. The Morgan fingerprint density at radius 3 is 2.13 bits per heavy atom. The molecule has 10 heteroatoms. The summed E-state index contributed by atoms with van der Waals surface area (Å²) in [4.78, 5) is 12.4. The van der Waals surface area contributed by atoms with Crippen molar-refractivity contribution in [3.8, 4) is 0 Å². The SMILES string of the molecule is O=C(CN(c1cccc(Cl)c1Cl)S(=O)(=O)c1ccccc1)Nc1c(F)cccc1F. The summed E-state index contributed by atoms with van der Waals surface area (Å²) in [5.41, 5.74) is -0.742. The second-order valence-corrected chi connectivity index (χ2v) is 8.69. The first kappa shape index (κ1) is 22.0. The highest BCUT2D eigenvalue weighted by Crippen LogP contribution is 2.35. The Labute approximate surface area is 181 Å². The van der Waals surface area contributed by atoms with Crippen molar-refractivity contribution in [3.63, 3.8) is 0 Å². The third-order valence-electron chi connectivity index (χ3n) is 4.05. The van der Waals surface area contributed by atoms with Crippen molar-refractivity contribution in [2.45, 2.75) is 4.90 Å². The first-order chi connectivity index (χ1) is 14.2. The summed E-state index contributed by atoms with van der Waals surface area (Å²) in [6, 6.07) is 14.7. The molecule has 30 heavy (non-hydrogen) atoms. The van der Waals surface area contributed by atoms with E-state index in [9.17, 15) is 22.0 Å². The number of rotatable bonds is 6. The number of nitrogens with zero attached hydrogens (tertiary/aromatic N) is 1. The molecule has 0 unspecified atom stereocenters. The summed E-state index contributed by atoms with van der Waals surface area (Å²) < 4.78 is 54.9. The quantitative estimate of drug-likeness (QED) is 0.544. The van der Waals surface area contributed by atoms with Gasteiger partial charge in [0.1, 0.15) is 23.9 Å². The molecule has 0 bridgehead atoms. The lowest BCUT2D eigenvalue weighted by molar-refractivity contribution is -0.114. The molecule has 0 atom stereocenters. The molecular weight excluding hydrogens is 457 g/mol. The van der Waals surface area contributed by atoms with Crippen molar-refractivity contribution in [1.29, 1.82) is 0 Å². The van der Waals surface area contributed by atoms with Crippen LogP contribution in [0.3, 0.4) is 0 Å². The van der Waals surface area contributed by atoms with Crippen LogP contribution >= 0.6 is 23.2 Å². The molecule has 156 valence electrons. The van der Waals surface area contributed by atoms with Crippen molar-refractivity contribution in [2.75, 3.05) is 16.2 Å². The zero-order valence-corrected chi connectivity index (χ0v) is 17.5. The minimum atomic E-state index is -4.26. The van der Waals surface area contributed by atoms with Crippen LogP contribution in [-0.2, 0) is 14.8 Å². The number of benzene rings is 3. The molecule has 5 nitrogen and oxygen atoms in total. The normalized spacial score (nSPS) is 11.2. The number of anilines is 2. The Morgan fingerprint density at radius 2 is 1.50 bits per heavy atom. The van der Waals surface area contributed by atoms with Crippen LogP contribution in [0.5, 0.6) is 0 Å². The molecule has 0 fully saturated rings. The van der Waals surface area contributed by atoms with Crippen molar-refractivity contribution in [1.82, 2.24) is 0 Å². The lowest BCUT2D eigenvalue weighted by Crippen LogP contribution is -2.38. The first-order valence-corrected chi connectivity index (χ1v) is 10.7. The fourth-order valence-electron chi connectivity index (χ4n) is 2.63. The third-order valence-corrected chi connectivity index (χ3v) is 6.63. The maximum absolute atomic E-state index is 13.9. The van der Waals surface area contributed by atoms with Crippen molar-refractivity contribution in [2.24, 2.45) is 0 Å². The van der Waals surface area contributed by atoms with Gasteiger partial charge in [-0.05, 0) is 36.4 Å². The lowest BCUT2D eigenvalue weighted by atomic mass is 10.3. The number of hydrogen-bond acceptors (Lipinski definition) is 3. The zero-order chi connectivity index (χ0) is 21.9. The number of carbonyl (C=O) groups is 1. The molecule has 3 rings (SSSR count). The van der Waals surface area contributed by atoms with Gasteiger partial charge in [0, 0.05) is 0 Å². The molecular formula is C20H14Cl2F2N2O3S. The first-order valence-electron chi connectivity index (χ1n) is 8.47. The van der Waals surface area contributed by atoms with Crippen LogP contribution in [0.4, 0.5) is 20.2 Å². The Bertz CT molecular complexity index is 1170. The van der Waals surface area contributed by atoms with Crippen LogP contribution < -0.4 is 9.62 Å². The number of nitrogens with one attached hydrogen (secondary N) is 1. The monoisotopic (exact) mass is 470 g/mol. The standard InChI is InChI=1S/C20H14Cl2F2N2O3S/c21-14-8-4-11-17(19(14)22)26(30(28,29)13-6-2-1-3-7-13)12-18(27)25-20-15(23)9-5-10-16(20)24/h1-11H,12H2,(H,25,27). The number of halogens is 4. The van der Waals surface area contributed by atoms with Gasteiger partial charge in [0.25, 0.3) is 10.0 Å². The van der Waals surface area contributed by atoms with Gasteiger partial charge in [0.15, 0.2) is 0 Å². The maximum Gasteiger partial charge on any atom is 0.264 e. The van der Waals surface area contributed by atoms with Crippen molar-refractivity contribution in [3.05, 3.63) is 88.4 Å². The predicted molar refractivity (Wildman–Crippen MR) is 112 cm³/mol. The van der Waals surface area contributed by atoms with E-state index < -0.39 is 39.8 Å². The molecule has 0 saturated carbocycles. The summed E-state index contributed by atoms with van der Waals surface area (Å²) >= 11 is 12.2. The summed E-state index contributed by atoms with van der Waals surface area (Å²) in [6.45, 7) is -0.801. The van der Waals surface area contributed by atoms with Crippen LogP contribution in [0.1, 0.15) is 0 Å². The summed E-state index contributed by atoms with van der Waals surface area (Å²) in [7, 11) is -4.26. The summed E-state index contributed by atoms with van der Waals surface area (Å²) in [5.74, 6) is -2.97. The molecule has 0 radical (unpaired) electrons. The third kappa shape index (κ3) is 4.56. The molecule has 3 aromatic carbocycles. The minimum Gasteiger partial charge on any atom is -0.320 e. The highest BCUT2D eigenvalue weighted by atomic mass is 35.5. The van der Waals surface area contributed by atoms with Crippen LogP contribution in [0, 0.1) is 11.6 Å². The fourth-order valence-corrected chi connectivity index (χ4v) is 4.53. The van der Waals surface area contributed by atoms with Gasteiger partial charge < -0.3 is 5.32 Å². The van der Waals surface area contributed by atoms with Crippen molar-refractivity contribution >= 4 is 50.5 Å². The second kappa shape index (κ2) is 8.99. The van der Waals surface area contributed by atoms with Crippen LogP contribution in [0.2, 0.25) is 10.0 Å². The number of amides is 1. The molecule has 0 aliphatic heterocycles. The van der Waals surface area contributed by atoms with E-state index >= 15 is 0 Å².